The summed E-state index contributed by atoms with van der Waals surface area (Å²) in [5, 5.41) is 10.8. The van der Waals surface area contributed by atoms with Gasteiger partial charge in [0.1, 0.15) is 11.6 Å². The van der Waals surface area contributed by atoms with E-state index in [1.165, 1.54) is 29.2 Å². The van der Waals surface area contributed by atoms with Crippen molar-refractivity contribution in [2.45, 2.75) is 25.0 Å². The molecule has 144 valence electrons. The van der Waals surface area contributed by atoms with Crippen molar-refractivity contribution in [3.63, 3.8) is 0 Å². The fourth-order valence-corrected chi connectivity index (χ4v) is 3.82. The summed E-state index contributed by atoms with van der Waals surface area (Å²) in [4.78, 5) is 27.1. The van der Waals surface area contributed by atoms with E-state index in [1.807, 2.05) is 0 Å². The van der Waals surface area contributed by atoms with E-state index >= 15 is 0 Å². The summed E-state index contributed by atoms with van der Waals surface area (Å²) in [6.07, 6.45) is 1.55. The third-order valence-electron chi connectivity index (χ3n) is 5.20. The highest BCUT2D eigenvalue weighted by molar-refractivity contribution is 6.46. The SMILES string of the molecule is O=C1C(=O)N(C[C@H]2CCCO2)[C@@H](c2ccc(F)cc2)C1=C(O)c1ccccc1. The van der Waals surface area contributed by atoms with Crippen molar-refractivity contribution in [1.82, 2.24) is 4.90 Å². The number of Topliss-reactive ketones (excluding diaryl/α,β-unsaturated/α-hetero) is 1. The smallest absolute Gasteiger partial charge is 0.295 e. The van der Waals surface area contributed by atoms with Crippen LogP contribution in [0.1, 0.15) is 30.0 Å². The molecule has 5 nitrogen and oxygen atoms in total. The Morgan fingerprint density at radius 3 is 2.46 bits per heavy atom. The summed E-state index contributed by atoms with van der Waals surface area (Å²) in [6, 6.07) is 13.5. The Hall–Kier alpha value is -2.99. The van der Waals surface area contributed by atoms with Crippen LogP contribution in [0.15, 0.2) is 60.2 Å². The molecule has 2 aliphatic rings. The van der Waals surface area contributed by atoms with Crippen molar-refractivity contribution in [3.05, 3.63) is 77.1 Å². The Bertz CT molecular complexity index is 917. The molecule has 2 atom stereocenters. The second-order valence-corrected chi connectivity index (χ2v) is 7.00. The maximum atomic E-state index is 13.4. The lowest BCUT2D eigenvalue weighted by Gasteiger charge is -2.27. The predicted octanol–water partition coefficient (Wildman–Crippen LogP) is 3.43. The maximum Gasteiger partial charge on any atom is 0.295 e. The highest BCUT2D eigenvalue weighted by atomic mass is 19.1. The summed E-state index contributed by atoms with van der Waals surface area (Å²) < 4.78 is 19.1. The molecule has 0 spiro atoms. The lowest BCUT2D eigenvalue weighted by atomic mass is 9.95. The minimum absolute atomic E-state index is 0.0146. The van der Waals surface area contributed by atoms with Crippen LogP contribution in [0, 0.1) is 5.82 Å². The van der Waals surface area contributed by atoms with Gasteiger partial charge in [0.15, 0.2) is 0 Å². The molecule has 0 aliphatic carbocycles. The first-order valence-corrected chi connectivity index (χ1v) is 9.27. The Kier molecular flexibility index (Phi) is 4.96. The van der Waals surface area contributed by atoms with Gasteiger partial charge in [-0.15, -0.1) is 0 Å². The summed E-state index contributed by atoms with van der Waals surface area (Å²) in [7, 11) is 0. The molecule has 0 aromatic heterocycles. The van der Waals surface area contributed by atoms with Crippen LogP contribution in [0.4, 0.5) is 4.39 Å². The number of aliphatic hydroxyl groups is 1. The van der Waals surface area contributed by atoms with Gasteiger partial charge < -0.3 is 14.7 Å². The lowest BCUT2D eigenvalue weighted by Crippen LogP contribution is -2.36. The van der Waals surface area contributed by atoms with E-state index < -0.39 is 23.5 Å². The third-order valence-corrected chi connectivity index (χ3v) is 5.20. The van der Waals surface area contributed by atoms with Gasteiger partial charge in [-0.2, -0.15) is 0 Å². The van der Waals surface area contributed by atoms with Crippen LogP contribution >= 0.6 is 0 Å². The minimum Gasteiger partial charge on any atom is -0.507 e. The van der Waals surface area contributed by atoms with Crippen molar-refractivity contribution >= 4 is 17.4 Å². The normalized spacial score (nSPS) is 24.1. The number of amides is 1. The zero-order valence-electron chi connectivity index (χ0n) is 15.2. The van der Waals surface area contributed by atoms with Crippen molar-refractivity contribution in [3.8, 4) is 0 Å². The van der Waals surface area contributed by atoms with Crippen molar-refractivity contribution in [1.29, 1.82) is 0 Å². The molecule has 1 N–H and O–H groups in total. The quantitative estimate of drug-likeness (QED) is 0.501. The monoisotopic (exact) mass is 381 g/mol. The molecular formula is C22H20FNO4. The number of benzene rings is 2. The van der Waals surface area contributed by atoms with E-state index in [4.69, 9.17) is 4.74 Å². The molecule has 0 radical (unpaired) electrons. The molecule has 2 aromatic carbocycles. The number of ether oxygens (including phenoxy) is 1. The van der Waals surface area contributed by atoms with Crippen LogP contribution in [-0.2, 0) is 14.3 Å². The van der Waals surface area contributed by atoms with Gasteiger partial charge >= 0.3 is 0 Å². The van der Waals surface area contributed by atoms with Crippen LogP contribution in [0.3, 0.4) is 0 Å². The van der Waals surface area contributed by atoms with Gasteiger partial charge in [-0.1, -0.05) is 42.5 Å². The fourth-order valence-electron chi connectivity index (χ4n) is 3.82. The highest BCUT2D eigenvalue weighted by Crippen LogP contribution is 2.40. The summed E-state index contributed by atoms with van der Waals surface area (Å²) in [5.41, 5.74) is 1.03. The summed E-state index contributed by atoms with van der Waals surface area (Å²) in [6.45, 7) is 0.873. The number of nitrogens with zero attached hydrogens (tertiary/aromatic N) is 1. The standard InChI is InChI=1S/C22H20FNO4/c23-16-10-8-14(9-11-16)19-18(20(25)15-5-2-1-3-6-15)21(26)22(27)24(19)13-17-7-4-12-28-17/h1-3,5-6,8-11,17,19,25H,4,7,12-13H2/t17-,19+/m1/s1. The Balaban J connectivity index is 1.81. The largest absolute Gasteiger partial charge is 0.507 e. The van der Waals surface area contributed by atoms with Gasteiger partial charge in [0, 0.05) is 18.7 Å². The molecule has 0 saturated carbocycles. The Labute approximate surface area is 162 Å². The number of carbonyl (C=O) groups excluding carboxylic acids is 2. The maximum absolute atomic E-state index is 13.4. The number of aliphatic hydroxyl groups excluding tert-OH is 1. The fraction of sp³-hybridized carbons (Fsp3) is 0.273. The van der Waals surface area contributed by atoms with Crippen LogP contribution in [0.5, 0.6) is 0 Å². The van der Waals surface area contributed by atoms with E-state index in [-0.39, 0.29) is 24.0 Å². The zero-order chi connectivity index (χ0) is 19.7. The number of likely N-dealkylation sites (tertiary alicyclic amines) is 1. The van der Waals surface area contributed by atoms with E-state index in [1.54, 1.807) is 30.3 Å². The zero-order valence-corrected chi connectivity index (χ0v) is 15.2. The summed E-state index contributed by atoms with van der Waals surface area (Å²) in [5.74, 6) is -2.07. The van der Waals surface area contributed by atoms with E-state index in [0.29, 0.717) is 17.7 Å². The number of hydrogen-bond donors (Lipinski definition) is 1. The van der Waals surface area contributed by atoms with Gasteiger partial charge in [-0.05, 0) is 30.5 Å². The number of hydrogen-bond acceptors (Lipinski definition) is 4. The molecule has 0 bridgehead atoms. The number of carbonyl (C=O) groups is 2. The van der Waals surface area contributed by atoms with Crippen molar-refractivity contribution in [2.75, 3.05) is 13.2 Å². The molecule has 2 saturated heterocycles. The predicted molar refractivity (Wildman–Crippen MR) is 101 cm³/mol. The topological polar surface area (TPSA) is 66.8 Å². The first-order chi connectivity index (χ1) is 13.6. The molecule has 2 heterocycles. The van der Waals surface area contributed by atoms with Crippen LogP contribution in [0.2, 0.25) is 0 Å². The molecule has 2 fully saturated rings. The van der Waals surface area contributed by atoms with Crippen molar-refractivity contribution < 1.29 is 23.8 Å². The first-order valence-electron chi connectivity index (χ1n) is 9.27. The Morgan fingerprint density at radius 2 is 1.82 bits per heavy atom. The minimum atomic E-state index is -0.787. The van der Waals surface area contributed by atoms with E-state index in [2.05, 4.69) is 0 Å². The summed E-state index contributed by atoms with van der Waals surface area (Å²) >= 11 is 0. The molecular weight excluding hydrogens is 361 g/mol. The van der Waals surface area contributed by atoms with Crippen molar-refractivity contribution in [2.24, 2.45) is 0 Å². The third kappa shape index (κ3) is 3.31. The van der Waals surface area contributed by atoms with E-state index in [9.17, 15) is 19.1 Å². The average Bonchev–Trinajstić information content (AvgIpc) is 3.31. The van der Waals surface area contributed by atoms with Gasteiger partial charge in [0.05, 0.1) is 17.7 Å². The Morgan fingerprint density at radius 1 is 1.11 bits per heavy atom. The number of rotatable bonds is 4. The lowest BCUT2D eigenvalue weighted by molar-refractivity contribution is -0.140. The highest BCUT2D eigenvalue weighted by Gasteiger charge is 2.47. The average molecular weight is 381 g/mol. The van der Waals surface area contributed by atoms with Crippen LogP contribution in [0.25, 0.3) is 5.76 Å². The molecule has 2 aromatic rings. The second-order valence-electron chi connectivity index (χ2n) is 7.00. The van der Waals surface area contributed by atoms with Crippen LogP contribution < -0.4 is 0 Å². The molecule has 2 aliphatic heterocycles. The van der Waals surface area contributed by atoms with Gasteiger partial charge in [0.2, 0.25) is 0 Å². The molecule has 28 heavy (non-hydrogen) atoms. The number of ketones is 1. The van der Waals surface area contributed by atoms with Crippen LogP contribution in [-0.4, -0.2) is 41.0 Å². The first kappa shape index (κ1) is 18.4. The van der Waals surface area contributed by atoms with Gasteiger partial charge in [-0.3, -0.25) is 9.59 Å². The molecule has 4 rings (SSSR count). The molecule has 1 amide bonds. The molecule has 6 heteroatoms. The van der Waals surface area contributed by atoms with Gasteiger partial charge in [-0.25, -0.2) is 4.39 Å². The molecule has 0 unspecified atom stereocenters. The number of halogens is 1. The van der Waals surface area contributed by atoms with Gasteiger partial charge in [0.25, 0.3) is 11.7 Å². The van der Waals surface area contributed by atoms with E-state index in [0.717, 1.165) is 12.8 Å². The second kappa shape index (κ2) is 7.56.